The molecule has 0 bridgehead atoms. The Labute approximate surface area is 134 Å². The highest BCUT2D eigenvalue weighted by atomic mass is 32.1. The Morgan fingerprint density at radius 2 is 2.14 bits per heavy atom. The van der Waals surface area contributed by atoms with E-state index in [1.807, 2.05) is 24.3 Å². The fraction of sp³-hybridized carbons (Fsp3) is 0.278. The summed E-state index contributed by atoms with van der Waals surface area (Å²) >= 11 is 1.88. The van der Waals surface area contributed by atoms with Gasteiger partial charge < -0.3 is 4.52 Å². The van der Waals surface area contributed by atoms with E-state index in [2.05, 4.69) is 51.8 Å². The van der Waals surface area contributed by atoms with Crippen molar-refractivity contribution < 1.29 is 4.52 Å². The van der Waals surface area contributed by atoms with Crippen molar-refractivity contribution in [1.29, 1.82) is 0 Å². The lowest BCUT2D eigenvalue weighted by Gasteiger charge is -2.35. The van der Waals surface area contributed by atoms with Crippen molar-refractivity contribution >= 4 is 11.3 Å². The second-order valence-corrected chi connectivity index (χ2v) is 6.76. The summed E-state index contributed by atoms with van der Waals surface area (Å²) in [6.45, 7) is 3.82. The molecule has 0 fully saturated rings. The van der Waals surface area contributed by atoms with E-state index < -0.39 is 0 Å². The van der Waals surface area contributed by atoms with Crippen LogP contribution in [0.3, 0.4) is 0 Å². The van der Waals surface area contributed by atoms with E-state index in [9.17, 15) is 0 Å². The maximum absolute atomic E-state index is 5.23. The molecule has 2 aromatic heterocycles. The van der Waals surface area contributed by atoms with Crippen molar-refractivity contribution in [2.45, 2.75) is 25.9 Å². The Balaban J connectivity index is 1.71. The topological polar surface area (TPSA) is 29.3 Å². The van der Waals surface area contributed by atoms with Crippen molar-refractivity contribution in [1.82, 2.24) is 10.1 Å². The highest BCUT2D eigenvalue weighted by Gasteiger charge is 2.29. The van der Waals surface area contributed by atoms with Crippen LogP contribution in [-0.2, 0) is 13.0 Å². The molecule has 1 unspecified atom stereocenters. The zero-order chi connectivity index (χ0) is 14.9. The Bertz CT molecular complexity index is 762. The lowest BCUT2D eigenvalue weighted by atomic mass is 9.93. The molecule has 1 aromatic carbocycles. The van der Waals surface area contributed by atoms with Gasteiger partial charge >= 0.3 is 0 Å². The first-order valence-electron chi connectivity index (χ1n) is 7.59. The molecule has 0 saturated heterocycles. The average molecular weight is 310 g/mol. The highest BCUT2D eigenvalue weighted by Crippen LogP contribution is 2.38. The maximum Gasteiger partial charge on any atom is 0.133 e. The van der Waals surface area contributed by atoms with E-state index in [0.29, 0.717) is 6.04 Å². The van der Waals surface area contributed by atoms with Gasteiger partial charge in [0.2, 0.25) is 0 Å². The molecule has 0 radical (unpaired) electrons. The zero-order valence-corrected chi connectivity index (χ0v) is 13.3. The standard InChI is InChI=1S/C18H18N2OS/c1-13-11-15(19-21-13)12-20-9-7-17-16(8-10-22-17)18(20)14-5-3-2-4-6-14/h2-6,8,10-11,18H,7,9,12H2,1H3. The molecule has 3 heterocycles. The van der Waals surface area contributed by atoms with E-state index in [0.717, 1.165) is 31.0 Å². The predicted octanol–water partition coefficient (Wildman–Crippen LogP) is 4.19. The van der Waals surface area contributed by atoms with Crippen LogP contribution in [0.25, 0.3) is 0 Å². The van der Waals surface area contributed by atoms with Crippen molar-refractivity contribution in [2.75, 3.05) is 6.54 Å². The lowest BCUT2D eigenvalue weighted by Crippen LogP contribution is -2.35. The molecule has 4 heteroatoms. The number of fused-ring (bicyclic) bond motifs is 1. The minimum Gasteiger partial charge on any atom is -0.361 e. The summed E-state index contributed by atoms with van der Waals surface area (Å²) < 4.78 is 5.23. The first-order chi connectivity index (χ1) is 10.8. The molecule has 0 spiro atoms. The summed E-state index contributed by atoms with van der Waals surface area (Å²) in [7, 11) is 0. The molecule has 1 aliphatic heterocycles. The molecular formula is C18H18N2OS. The maximum atomic E-state index is 5.23. The second kappa shape index (κ2) is 5.71. The highest BCUT2D eigenvalue weighted by molar-refractivity contribution is 7.10. The molecule has 112 valence electrons. The number of thiophene rings is 1. The van der Waals surface area contributed by atoms with Gasteiger partial charge in [-0.3, -0.25) is 4.90 Å². The molecule has 22 heavy (non-hydrogen) atoms. The van der Waals surface area contributed by atoms with Crippen molar-refractivity contribution in [3.05, 3.63) is 75.3 Å². The van der Waals surface area contributed by atoms with E-state index >= 15 is 0 Å². The molecule has 1 atom stereocenters. The van der Waals surface area contributed by atoms with E-state index in [1.165, 1.54) is 16.0 Å². The third kappa shape index (κ3) is 2.49. The van der Waals surface area contributed by atoms with Gasteiger partial charge in [-0.1, -0.05) is 35.5 Å². The lowest BCUT2D eigenvalue weighted by molar-refractivity contribution is 0.200. The molecule has 1 aliphatic rings. The van der Waals surface area contributed by atoms with Gasteiger partial charge in [0.05, 0.1) is 11.7 Å². The molecule has 0 N–H and O–H groups in total. The van der Waals surface area contributed by atoms with Gasteiger partial charge in [0.25, 0.3) is 0 Å². The Morgan fingerprint density at radius 3 is 2.91 bits per heavy atom. The van der Waals surface area contributed by atoms with Gasteiger partial charge in [-0.25, -0.2) is 0 Å². The minimum absolute atomic E-state index is 0.313. The van der Waals surface area contributed by atoms with Crippen LogP contribution >= 0.6 is 11.3 Å². The third-order valence-corrected chi connectivity index (χ3v) is 5.22. The van der Waals surface area contributed by atoms with Gasteiger partial charge in [0, 0.05) is 24.0 Å². The van der Waals surface area contributed by atoms with Crippen LogP contribution in [0.2, 0.25) is 0 Å². The second-order valence-electron chi connectivity index (χ2n) is 5.76. The third-order valence-electron chi connectivity index (χ3n) is 4.22. The smallest absolute Gasteiger partial charge is 0.133 e. The molecule has 0 amide bonds. The fourth-order valence-electron chi connectivity index (χ4n) is 3.26. The Kier molecular flexibility index (Phi) is 3.56. The molecule has 0 saturated carbocycles. The predicted molar refractivity (Wildman–Crippen MR) is 88.0 cm³/mol. The van der Waals surface area contributed by atoms with E-state index in [4.69, 9.17) is 4.52 Å². The number of hydrogen-bond donors (Lipinski definition) is 0. The number of benzene rings is 1. The van der Waals surface area contributed by atoms with Crippen LogP contribution in [0.1, 0.15) is 33.5 Å². The summed E-state index contributed by atoms with van der Waals surface area (Å²) in [6.07, 6.45) is 1.12. The number of aryl methyl sites for hydroxylation is 1. The van der Waals surface area contributed by atoms with Crippen LogP contribution in [0.15, 0.2) is 52.4 Å². The Hall–Kier alpha value is -1.91. The first kappa shape index (κ1) is 13.7. The summed E-state index contributed by atoms with van der Waals surface area (Å²) in [4.78, 5) is 4.02. The molecular weight excluding hydrogens is 292 g/mol. The summed E-state index contributed by atoms with van der Waals surface area (Å²) in [6, 6.07) is 15.4. The van der Waals surface area contributed by atoms with E-state index in [1.54, 1.807) is 0 Å². The van der Waals surface area contributed by atoms with Gasteiger partial charge in [-0.15, -0.1) is 11.3 Å². The van der Waals surface area contributed by atoms with Gasteiger partial charge in [0.15, 0.2) is 0 Å². The van der Waals surface area contributed by atoms with Crippen molar-refractivity contribution in [3.8, 4) is 0 Å². The molecule has 3 aromatic rings. The monoisotopic (exact) mass is 310 g/mol. The molecule has 3 nitrogen and oxygen atoms in total. The number of hydrogen-bond acceptors (Lipinski definition) is 4. The van der Waals surface area contributed by atoms with Gasteiger partial charge in [-0.05, 0) is 35.9 Å². The quantitative estimate of drug-likeness (QED) is 0.726. The Morgan fingerprint density at radius 1 is 1.27 bits per heavy atom. The summed E-state index contributed by atoms with van der Waals surface area (Å²) in [5.74, 6) is 0.875. The van der Waals surface area contributed by atoms with Crippen LogP contribution < -0.4 is 0 Å². The average Bonchev–Trinajstić information content (AvgIpc) is 3.17. The van der Waals surface area contributed by atoms with Crippen molar-refractivity contribution in [2.24, 2.45) is 0 Å². The van der Waals surface area contributed by atoms with Crippen LogP contribution in [0, 0.1) is 6.92 Å². The van der Waals surface area contributed by atoms with Gasteiger partial charge in [0.1, 0.15) is 5.76 Å². The molecule has 4 rings (SSSR count). The SMILES string of the molecule is Cc1cc(CN2CCc3sccc3C2c2ccccc2)no1. The molecule has 0 aliphatic carbocycles. The zero-order valence-electron chi connectivity index (χ0n) is 12.5. The largest absolute Gasteiger partial charge is 0.361 e. The normalized spacial score (nSPS) is 18.3. The number of nitrogens with zero attached hydrogens (tertiary/aromatic N) is 2. The minimum atomic E-state index is 0.313. The number of aromatic nitrogens is 1. The summed E-state index contributed by atoms with van der Waals surface area (Å²) in [5.41, 5.74) is 3.81. The van der Waals surface area contributed by atoms with Crippen molar-refractivity contribution in [3.63, 3.8) is 0 Å². The van der Waals surface area contributed by atoms with Crippen LogP contribution in [-0.4, -0.2) is 16.6 Å². The van der Waals surface area contributed by atoms with Crippen LogP contribution in [0.5, 0.6) is 0 Å². The van der Waals surface area contributed by atoms with E-state index in [-0.39, 0.29) is 0 Å². The van der Waals surface area contributed by atoms with Gasteiger partial charge in [-0.2, -0.15) is 0 Å². The number of rotatable bonds is 3. The van der Waals surface area contributed by atoms with Crippen LogP contribution in [0.4, 0.5) is 0 Å². The first-order valence-corrected chi connectivity index (χ1v) is 8.46. The fourth-order valence-corrected chi connectivity index (χ4v) is 4.17. The summed E-state index contributed by atoms with van der Waals surface area (Å²) in [5, 5.41) is 6.38.